The van der Waals surface area contributed by atoms with Crippen molar-refractivity contribution in [3.05, 3.63) is 58.6 Å². The minimum Gasteiger partial charge on any atom is -0.465 e. The Labute approximate surface area is 168 Å². The first-order chi connectivity index (χ1) is 13.3. The van der Waals surface area contributed by atoms with E-state index in [4.69, 9.17) is 16.3 Å². The highest BCUT2D eigenvalue weighted by atomic mass is 35.5. The van der Waals surface area contributed by atoms with Crippen molar-refractivity contribution in [2.45, 2.75) is 12.8 Å². The van der Waals surface area contributed by atoms with Crippen LogP contribution in [0.1, 0.15) is 33.6 Å². The van der Waals surface area contributed by atoms with E-state index in [0.29, 0.717) is 18.7 Å². The SMILES string of the molecule is COC(=O)c1ccccc1NC(=O)c1cc(N2CCCCS2(=O)=O)ccc1Cl. The van der Waals surface area contributed by atoms with Crippen molar-refractivity contribution < 1.29 is 22.7 Å². The summed E-state index contributed by atoms with van der Waals surface area (Å²) in [7, 11) is -2.16. The van der Waals surface area contributed by atoms with Gasteiger partial charge in [-0.05, 0) is 43.2 Å². The minimum absolute atomic E-state index is 0.0731. The first kappa shape index (κ1) is 20.2. The van der Waals surface area contributed by atoms with Gasteiger partial charge in [0.1, 0.15) is 0 Å². The van der Waals surface area contributed by atoms with E-state index in [9.17, 15) is 18.0 Å². The molecule has 1 fully saturated rings. The van der Waals surface area contributed by atoms with Gasteiger partial charge in [-0.3, -0.25) is 9.10 Å². The van der Waals surface area contributed by atoms with Gasteiger partial charge in [-0.15, -0.1) is 0 Å². The fraction of sp³-hybridized carbons (Fsp3) is 0.263. The van der Waals surface area contributed by atoms with Crippen molar-refractivity contribution >= 4 is 44.9 Å². The number of carbonyl (C=O) groups excluding carboxylic acids is 2. The quantitative estimate of drug-likeness (QED) is 0.763. The van der Waals surface area contributed by atoms with E-state index in [1.807, 2.05) is 0 Å². The first-order valence-electron chi connectivity index (χ1n) is 8.62. The molecular weight excluding hydrogens is 404 g/mol. The molecule has 1 heterocycles. The van der Waals surface area contributed by atoms with Gasteiger partial charge >= 0.3 is 5.97 Å². The van der Waals surface area contributed by atoms with Gasteiger partial charge in [0, 0.05) is 6.54 Å². The Balaban J connectivity index is 1.92. The number of esters is 1. The van der Waals surface area contributed by atoms with E-state index < -0.39 is 21.9 Å². The van der Waals surface area contributed by atoms with Crippen LogP contribution in [0.15, 0.2) is 42.5 Å². The van der Waals surface area contributed by atoms with Crippen LogP contribution < -0.4 is 9.62 Å². The number of amides is 1. The fourth-order valence-corrected chi connectivity index (χ4v) is 4.83. The summed E-state index contributed by atoms with van der Waals surface area (Å²) in [6, 6.07) is 10.9. The summed E-state index contributed by atoms with van der Waals surface area (Å²) in [6.45, 7) is 0.357. The molecule has 0 aliphatic carbocycles. The lowest BCUT2D eigenvalue weighted by Crippen LogP contribution is -2.38. The fourth-order valence-electron chi connectivity index (χ4n) is 2.99. The second-order valence-corrected chi connectivity index (χ2v) is 8.67. The van der Waals surface area contributed by atoms with Crippen LogP contribution in [-0.2, 0) is 14.8 Å². The maximum Gasteiger partial charge on any atom is 0.339 e. The molecule has 0 radical (unpaired) electrons. The Morgan fingerprint density at radius 2 is 1.86 bits per heavy atom. The molecule has 148 valence electrons. The number of rotatable bonds is 4. The molecule has 0 spiro atoms. The van der Waals surface area contributed by atoms with Crippen LogP contribution >= 0.6 is 11.6 Å². The topological polar surface area (TPSA) is 92.8 Å². The van der Waals surface area contributed by atoms with E-state index >= 15 is 0 Å². The molecule has 0 atom stereocenters. The van der Waals surface area contributed by atoms with Crippen LogP contribution in [0.2, 0.25) is 5.02 Å². The number of para-hydroxylation sites is 1. The Morgan fingerprint density at radius 3 is 2.57 bits per heavy atom. The van der Waals surface area contributed by atoms with Crippen LogP contribution in [0, 0.1) is 0 Å². The maximum atomic E-state index is 12.8. The molecule has 3 rings (SSSR count). The molecule has 7 nitrogen and oxygen atoms in total. The molecular formula is C19H19ClN2O5S. The summed E-state index contributed by atoms with van der Waals surface area (Å²) in [5, 5.41) is 2.81. The second kappa shape index (κ2) is 8.20. The molecule has 2 aromatic rings. The molecule has 9 heteroatoms. The third-order valence-electron chi connectivity index (χ3n) is 4.41. The molecule has 0 bridgehead atoms. The molecule has 1 N–H and O–H groups in total. The zero-order valence-electron chi connectivity index (χ0n) is 15.1. The van der Waals surface area contributed by atoms with Crippen molar-refractivity contribution in [1.82, 2.24) is 0 Å². The Morgan fingerprint density at radius 1 is 1.11 bits per heavy atom. The van der Waals surface area contributed by atoms with Crippen LogP contribution in [0.25, 0.3) is 0 Å². The maximum absolute atomic E-state index is 12.8. The molecule has 0 saturated carbocycles. The van der Waals surface area contributed by atoms with Crippen molar-refractivity contribution in [3.63, 3.8) is 0 Å². The summed E-state index contributed by atoms with van der Waals surface area (Å²) in [4.78, 5) is 24.7. The number of hydrogen-bond acceptors (Lipinski definition) is 5. The number of sulfonamides is 1. The van der Waals surface area contributed by atoms with Gasteiger partial charge in [-0.2, -0.15) is 0 Å². The average molecular weight is 423 g/mol. The number of nitrogens with zero attached hydrogens (tertiary/aromatic N) is 1. The van der Waals surface area contributed by atoms with E-state index in [-0.39, 0.29) is 27.6 Å². The summed E-state index contributed by atoms with van der Waals surface area (Å²) >= 11 is 6.18. The largest absolute Gasteiger partial charge is 0.465 e. The lowest BCUT2D eigenvalue weighted by Gasteiger charge is -2.28. The summed E-state index contributed by atoms with van der Waals surface area (Å²) in [6.07, 6.45) is 1.36. The molecule has 28 heavy (non-hydrogen) atoms. The Bertz CT molecular complexity index is 1020. The summed E-state index contributed by atoms with van der Waals surface area (Å²) in [5.74, 6) is -1.07. The molecule has 1 aliphatic rings. The van der Waals surface area contributed by atoms with Crippen LogP contribution in [0.3, 0.4) is 0 Å². The van der Waals surface area contributed by atoms with Crippen LogP contribution in [-0.4, -0.2) is 39.7 Å². The van der Waals surface area contributed by atoms with E-state index in [1.54, 1.807) is 24.3 Å². The van der Waals surface area contributed by atoms with Crippen molar-refractivity contribution in [2.75, 3.05) is 29.0 Å². The third-order valence-corrected chi connectivity index (χ3v) is 6.61. The zero-order chi connectivity index (χ0) is 20.3. The number of benzene rings is 2. The summed E-state index contributed by atoms with van der Waals surface area (Å²) in [5.41, 5.74) is 0.964. The summed E-state index contributed by atoms with van der Waals surface area (Å²) < 4.78 is 30.7. The van der Waals surface area contributed by atoms with Gasteiger partial charge < -0.3 is 10.1 Å². The number of ether oxygens (including phenoxy) is 1. The van der Waals surface area contributed by atoms with Gasteiger partial charge in [0.2, 0.25) is 10.0 Å². The zero-order valence-corrected chi connectivity index (χ0v) is 16.7. The number of methoxy groups -OCH3 is 1. The Kier molecular flexibility index (Phi) is 5.90. The predicted octanol–water partition coefficient (Wildman–Crippen LogP) is 3.31. The van der Waals surface area contributed by atoms with Crippen molar-refractivity contribution in [3.8, 4) is 0 Å². The van der Waals surface area contributed by atoms with E-state index in [0.717, 1.165) is 6.42 Å². The number of halogens is 1. The van der Waals surface area contributed by atoms with Crippen LogP contribution in [0.5, 0.6) is 0 Å². The molecule has 2 aromatic carbocycles. The number of carbonyl (C=O) groups is 2. The van der Waals surface area contributed by atoms with Crippen LogP contribution in [0.4, 0.5) is 11.4 Å². The second-order valence-electron chi connectivity index (χ2n) is 6.25. The van der Waals surface area contributed by atoms with E-state index in [1.165, 1.54) is 29.6 Å². The highest BCUT2D eigenvalue weighted by Crippen LogP contribution is 2.29. The smallest absolute Gasteiger partial charge is 0.339 e. The van der Waals surface area contributed by atoms with Gasteiger partial charge in [-0.1, -0.05) is 23.7 Å². The molecule has 1 aliphatic heterocycles. The minimum atomic E-state index is -3.41. The monoisotopic (exact) mass is 422 g/mol. The molecule has 1 amide bonds. The number of anilines is 2. The number of nitrogens with one attached hydrogen (secondary N) is 1. The lowest BCUT2D eigenvalue weighted by atomic mass is 10.1. The highest BCUT2D eigenvalue weighted by molar-refractivity contribution is 7.92. The predicted molar refractivity (Wildman–Crippen MR) is 108 cm³/mol. The average Bonchev–Trinajstić information content (AvgIpc) is 2.68. The lowest BCUT2D eigenvalue weighted by molar-refractivity contribution is 0.0602. The number of hydrogen-bond donors (Lipinski definition) is 1. The van der Waals surface area contributed by atoms with Crippen molar-refractivity contribution in [2.24, 2.45) is 0 Å². The normalized spacial score (nSPS) is 15.7. The van der Waals surface area contributed by atoms with Gasteiger partial charge in [0.15, 0.2) is 0 Å². The highest BCUT2D eigenvalue weighted by Gasteiger charge is 2.27. The Hall–Kier alpha value is -2.58. The van der Waals surface area contributed by atoms with Gasteiger partial charge in [0.25, 0.3) is 5.91 Å². The van der Waals surface area contributed by atoms with E-state index in [2.05, 4.69) is 5.32 Å². The molecule has 0 aromatic heterocycles. The standard InChI is InChI=1S/C19H19ClN2O5S/c1-27-19(24)14-6-2-3-7-17(14)21-18(23)15-12-13(8-9-16(15)20)22-10-4-5-11-28(22,25)26/h2-3,6-9,12H,4-5,10-11H2,1H3,(H,21,23). The molecule has 1 saturated heterocycles. The van der Waals surface area contributed by atoms with Crippen molar-refractivity contribution in [1.29, 1.82) is 0 Å². The molecule has 0 unspecified atom stereocenters. The van der Waals surface area contributed by atoms with Gasteiger partial charge in [-0.25, -0.2) is 13.2 Å². The first-order valence-corrected chi connectivity index (χ1v) is 10.6. The third kappa shape index (κ3) is 4.13. The van der Waals surface area contributed by atoms with Gasteiger partial charge in [0.05, 0.1) is 40.4 Å².